The summed E-state index contributed by atoms with van der Waals surface area (Å²) in [6.07, 6.45) is -2.56. The molecule has 1 aliphatic rings. The van der Waals surface area contributed by atoms with E-state index in [-0.39, 0.29) is 11.6 Å². The number of nitrogens with one attached hydrogen (secondary N) is 2. The van der Waals surface area contributed by atoms with E-state index in [2.05, 4.69) is 15.3 Å². The fraction of sp³-hybridized carbons (Fsp3) is 0.389. The van der Waals surface area contributed by atoms with E-state index in [0.717, 1.165) is 31.0 Å². The summed E-state index contributed by atoms with van der Waals surface area (Å²) in [5, 5.41) is 2.69. The second-order valence-electron chi connectivity index (χ2n) is 6.55. The van der Waals surface area contributed by atoms with E-state index in [0.29, 0.717) is 17.0 Å². The molecule has 3 rings (SSSR count). The van der Waals surface area contributed by atoms with Crippen LogP contribution in [-0.2, 0) is 6.18 Å². The van der Waals surface area contributed by atoms with Gasteiger partial charge < -0.3 is 10.3 Å². The Bertz CT molecular complexity index is 901. The van der Waals surface area contributed by atoms with Gasteiger partial charge in [0.2, 0.25) is 0 Å². The van der Waals surface area contributed by atoms with Gasteiger partial charge in [0.25, 0.3) is 11.5 Å². The van der Waals surface area contributed by atoms with E-state index < -0.39 is 29.2 Å². The fourth-order valence-corrected chi connectivity index (χ4v) is 2.83. The van der Waals surface area contributed by atoms with Crippen molar-refractivity contribution in [2.75, 3.05) is 0 Å². The lowest BCUT2D eigenvalue weighted by atomic mass is 9.99. The van der Waals surface area contributed by atoms with Gasteiger partial charge in [0, 0.05) is 12.0 Å². The van der Waals surface area contributed by atoms with Crippen molar-refractivity contribution in [3.63, 3.8) is 0 Å². The summed E-state index contributed by atoms with van der Waals surface area (Å²) in [5.41, 5.74) is -0.135. The Hall–Kier alpha value is -2.64. The van der Waals surface area contributed by atoms with Crippen molar-refractivity contribution in [1.29, 1.82) is 0 Å². The van der Waals surface area contributed by atoms with Crippen LogP contribution in [0.25, 0.3) is 0 Å². The third-order valence-electron chi connectivity index (χ3n) is 4.37. The molecule has 1 atom stereocenters. The molecule has 1 fully saturated rings. The first-order valence-electron chi connectivity index (χ1n) is 8.25. The SMILES string of the molecule is Cc1cc(C(F)(F)F)ccc1C(C)NC(=O)c1cc(=O)[nH]c(C2CC2)n1. The highest BCUT2D eigenvalue weighted by Crippen LogP contribution is 2.37. The molecule has 1 saturated carbocycles. The third-order valence-corrected chi connectivity index (χ3v) is 4.37. The Balaban J connectivity index is 1.78. The highest BCUT2D eigenvalue weighted by atomic mass is 19.4. The van der Waals surface area contributed by atoms with Crippen LogP contribution in [0.2, 0.25) is 0 Å². The predicted molar refractivity (Wildman–Crippen MR) is 88.9 cm³/mol. The molecule has 0 aliphatic heterocycles. The van der Waals surface area contributed by atoms with Crippen LogP contribution in [0, 0.1) is 6.92 Å². The molecule has 138 valence electrons. The zero-order chi connectivity index (χ0) is 19.1. The summed E-state index contributed by atoms with van der Waals surface area (Å²) >= 11 is 0. The number of aryl methyl sites for hydroxylation is 1. The first-order chi connectivity index (χ1) is 12.1. The number of rotatable bonds is 4. The molecule has 8 heteroatoms. The minimum Gasteiger partial charge on any atom is -0.344 e. The summed E-state index contributed by atoms with van der Waals surface area (Å²) in [6, 6.07) is 3.98. The maximum absolute atomic E-state index is 12.8. The molecular formula is C18H18F3N3O2. The number of nitrogens with zero attached hydrogens (tertiary/aromatic N) is 1. The Morgan fingerprint density at radius 2 is 2.00 bits per heavy atom. The fourth-order valence-electron chi connectivity index (χ4n) is 2.83. The zero-order valence-corrected chi connectivity index (χ0v) is 14.3. The van der Waals surface area contributed by atoms with Gasteiger partial charge in [0.05, 0.1) is 11.6 Å². The molecule has 1 amide bonds. The Morgan fingerprint density at radius 3 is 2.58 bits per heavy atom. The van der Waals surface area contributed by atoms with Gasteiger partial charge in [0.1, 0.15) is 11.5 Å². The summed E-state index contributed by atoms with van der Waals surface area (Å²) in [6.45, 7) is 3.23. The number of carbonyl (C=O) groups excluding carboxylic acids is 1. The first kappa shape index (κ1) is 18.2. The lowest BCUT2D eigenvalue weighted by Gasteiger charge is -2.18. The number of H-pyrrole nitrogens is 1. The Morgan fingerprint density at radius 1 is 1.31 bits per heavy atom. The average Bonchev–Trinajstić information content (AvgIpc) is 3.38. The number of amides is 1. The van der Waals surface area contributed by atoms with Crippen molar-refractivity contribution in [2.45, 2.75) is 44.8 Å². The molecule has 0 saturated heterocycles. The van der Waals surface area contributed by atoms with Gasteiger partial charge in [-0.15, -0.1) is 0 Å². The molecular weight excluding hydrogens is 347 g/mol. The van der Waals surface area contributed by atoms with E-state index >= 15 is 0 Å². The van der Waals surface area contributed by atoms with E-state index in [9.17, 15) is 22.8 Å². The van der Waals surface area contributed by atoms with Gasteiger partial charge in [-0.2, -0.15) is 13.2 Å². The van der Waals surface area contributed by atoms with Gasteiger partial charge >= 0.3 is 6.18 Å². The summed E-state index contributed by atoms with van der Waals surface area (Å²) in [7, 11) is 0. The van der Waals surface area contributed by atoms with Gasteiger partial charge in [0.15, 0.2) is 0 Å². The monoisotopic (exact) mass is 365 g/mol. The van der Waals surface area contributed by atoms with E-state index in [1.807, 2.05) is 0 Å². The molecule has 1 aromatic heterocycles. The standard InChI is InChI=1S/C18H18F3N3O2/c1-9-7-12(18(19,20)21)5-6-13(9)10(2)22-17(26)14-8-15(25)24-16(23-14)11-3-4-11/h5-8,10-11H,3-4H2,1-2H3,(H,22,26)(H,23,24,25). The van der Waals surface area contributed by atoms with Crippen LogP contribution in [0.1, 0.15) is 64.7 Å². The third kappa shape index (κ3) is 3.95. The molecule has 5 nitrogen and oxygen atoms in total. The Labute approximate surface area is 147 Å². The number of carbonyl (C=O) groups is 1. The molecule has 2 N–H and O–H groups in total. The van der Waals surface area contributed by atoms with Crippen molar-refractivity contribution in [2.24, 2.45) is 0 Å². The van der Waals surface area contributed by atoms with Crippen molar-refractivity contribution in [1.82, 2.24) is 15.3 Å². The van der Waals surface area contributed by atoms with Crippen molar-refractivity contribution in [3.8, 4) is 0 Å². The number of hydrogen-bond donors (Lipinski definition) is 2. The predicted octanol–water partition coefficient (Wildman–Crippen LogP) is 3.47. The smallest absolute Gasteiger partial charge is 0.344 e. The average molecular weight is 365 g/mol. The summed E-state index contributed by atoms with van der Waals surface area (Å²) in [5.74, 6) is 0.149. The molecule has 1 aliphatic carbocycles. The normalized spacial score (nSPS) is 15.6. The van der Waals surface area contributed by atoms with Gasteiger partial charge in [-0.1, -0.05) is 6.07 Å². The quantitative estimate of drug-likeness (QED) is 0.871. The van der Waals surface area contributed by atoms with E-state index in [4.69, 9.17) is 0 Å². The number of halogens is 3. The van der Waals surface area contributed by atoms with Crippen LogP contribution >= 0.6 is 0 Å². The molecule has 2 aromatic rings. The van der Waals surface area contributed by atoms with Crippen molar-refractivity contribution in [3.05, 3.63) is 62.8 Å². The Kier molecular flexibility index (Phi) is 4.60. The van der Waals surface area contributed by atoms with Crippen LogP contribution in [-0.4, -0.2) is 15.9 Å². The second kappa shape index (κ2) is 6.59. The molecule has 1 heterocycles. The zero-order valence-electron chi connectivity index (χ0n) is 14.3. The largest absolute Gasteiger partial charge is 0.416 e. The number of hydrogen-bond acceptors (Lipinski definition) is 3. The summed E-state index contributed by atoms with van der Waals surface area (Å²) < 4.78 is 38.3. The molecule has 1 aromatic carbocycles. The highest BCUT2D eigenvalue weighted by Gasteiger charge is 2.31. The lowest BCUT2D eigenvalue weighted by molar-refractivity contribution is -0.137. The molecule has 26 heavy (non-hydrogen) atoms. The topological polar surface area (TPSA) is 74.8 Å². The second-order valence-corrected chi connectivity index (χ2v) is 6.55. The highest BCUT2D eigenvalue weighted by molar-refractivity contribution is 5.92. The van der Waals surface area contributed by atoms with Crippen molar-refractivity contribution < 1.29 is 18.0 Å². The van der Waals surface area contributed by atoms with Crippen molar-refractivity contribution >= 4 is 5.91 Å². The number of benzene rings is 1. The lowest BCUT2D eigenvalue weighted by Crippen LogP contribution is -2.29. The van der Waals surface area contributed by atoms with Gasteiger partial charge in [-0.25, -0.2) is 4.98 Å². The summed E-state index contributed by atoms with van der Waals surface area (Å²) in [4.78, 5) is 30.9. The van der Waals surface area contributed by atoms with Crippen LogP contribution < -0.4 is 10.9 Å². The minimum atomic E-state index is -4.41. The van der Waals surface area contributed by atoms with Gasteiger partial charge in [-0.05, 0) is 49.9 Å². The van der Waals surface area contributed by atoms with Gasteiger partial charge in [-0.3, -0.25) is 9.59 Å². The molecule has 0 bridgehead atoms. The molecule has 0 radical (unpaired) electrons. The number of alkyl halides is 3. The first-order valence-corrected chi connectivity index (χ1v) is 8.25. The maximum Gasteiger partial charge on any atom is 0.416 e. The van der Waals surface area contributed by atoms with E-state index in [1.165, 1.54) is 6.07 Å². The van der Waals surface area contributed by atoms with Crippen LogP contribution in [0.4, 0.5) is 13.2 Å². The van der Waals surface area contributed by atoms with Crippen LogP contribution in [0.5, 0.6) is 0 Å². The van der Waals surface area contributed by atoms with Crippen LogP contribution in [0.3, 0.4) is 0 Å². The molecule has 0 spiro atoms. The minimum absolute atomic E-state index is 0.00654. The van der Waals surface area contributed by atoms with E-state index in [1.54, 1.807) is 13.8 Å². The number of aromatic nitrogens is 2. The molecule has 1 unspecified atom stereocenters. The maximum atomic E-state index is 12.8. The number of aromatic amines is 1. The van der Waals surface area contributed by atoms with Crippen LogP contribution in [0.15, 0.2) is 29.1 Å².